The molecule has 0 aliphatic heterocycles. The topological polar surface area (TPSA) is 9.23 Å². The van der Waals surface area contributed by atoms with Crippen LogP contribution < -0.4 is 0 Å². The lowest BCUT2D eigenvalue weighted by Crippen LogP contribution is -1.60. The monoisotopic (exact) mass is 78.1 g/mol. The summed E-state index contributed by atoms with van der Waals surface area (Å²) in [5.74, 6) is 0. The Labute approximate surface area is 30.5 Å². The molecule has 2 heteroatoms. The summed E-state index contributed by atoms with van der Waals surface area (Å²) in [5, 5.41) is 0. The van der Waals surface area contributed by atoms with Crippen molar-refractivity contribution in [1.82, 2.24) is 0 Å². The minimum absolute atomic E-state index is 0. The summed E-state index contributed by atoms with van der Waals surface area (Å²) in [6.45, 7) is 0. The van der Waals surface area contributed by atoms with Crippen LogP contribution in [0.1, 0.15) is 7.43 Å². The Bertz CT molecular complexity index is 6.00. The molecule has 0 N–H and O–H groups in total. The Hall–Kier alpha value is 0.177. The van der Waals surface area contributed by atoms with E-state index in [4.69, 9.17) is 0 Å². The fourth-order valence-electron chi connectivity index (χ4n) is 0. The number of rotatable bonds is 0. The summed E-state index contributed by atoms with van der Waals surface area (Å²) in [4.78, 5) is 0. The molecule has 0 aromatic carbocycles. The van der Waals surface area contributed by atoms with Crippen molar-refractivity contribution in [3.63, 3.8) is 0 Å². The van der Waals surface area contributed by atoms with Crippen molar-refractivity contribution >= 4 is 10.5 Å². The second-order valence-corrected chi connectivity index (χ2v) is 1.22. The number of hydrogen-bond acceptors (Lipinski definition) is 1. The van der Waals surface area contributed by atoms with Crippen LogP contribution in [0.3, 0.4) is 0 Å². The molecular formula is C2H10OSi. The van der Waals surface area contributed by atoms with Gasteiger partial charge in [-0.15, -0.1) is 0 Å². The van der Waals surface area contributed by atoms with Crippen LogP contribution >= 0.6 is 0 Å². The van der Waals surface area contributed by atoms with Gasteiger partial charge in [0.15, 0.2) is 0 Å². The van der Waals surface area contributed by atoms with Crippen molar-refractivity contribution in [2.75, 3.05) is 7.11 Å². The molecule has 0 fully saturated rings. The summed E-state index contributed by atoms with van der Waals surface area (Å²) >= 11 is 0. The summed E-state index contributed by atoms with van der Waals surface area (Å²) in [7, 11) is 2.56. The summed E-state index contributed by atoms with van der Waals surface area (Å²) in [5.41, 5.74) is 0. The van der Waals surface area contributed by atoms with E-state index in [-0.39, 0.29) is 7.43 Å². The van der Waals surface area contributed by atoms with Gasteiger partial charge in [-0.05, 0) is 0 Å². The maximum atomic E-state index is 4.39. The maximum absolute atomic E-state index is 4.39. The molecule has 0 amide bonds. The lowest BCUT2D eigenvalue weighted by atomic mass is 11.8. The molecule has 0 aromatic rings. The summed E-state index contributed by atoms with van der Waals surface area (Å²) in [6, 6.07) is 0. The van der Waals surface area contributed by atoms with Gasteiger partial charge in [0.2, 0.25) is 0 Å². The third-order valence-electron chi connectivity index (χ3n) is 0. The highest BCUT2D eigenvalue weighted by atomic mass is 28.2. The van der Waals surface area contributed by atoms with E-state index < -0.39 is 0 Å². The van der Waals surface area contributed by atoms with Crippen LogP contribution in [0.4, 0.5) is 0 Å². The smallest absolute Gasteiger partial charge is 0.145 e. The standard InChI is InChI=1S/CH6OSi.CH4/c1-2-3;/h1,3H3;1H4. The van der Waals surface area contributed by atoms with Crippen molar-refractivity contribution in [2.45, 2.75) is 7.43 Å². The zero-order valence-corrected chi connectivity index (χ0v) is 4.41. The normalized spacial score (nSPS) is 5.25. The molecule has 0 aliphatic carbocycles. The molecule has 0 saturated carbocycles. The Morgan fingerprint density at radius 1 is 1.75 bits per heavy atom. The molecular weight excluding hydrogens is 68.1 g/mol. The molecule has 0 heterocycles. The summed E-state index contributed by atoms with van der Waals surface area (Å²) in [6.07, 6.45) is 0. The fraction of sp³-hybridized carbons (Fsp3) is 1.00. The zero-order valence-electron chi connectivity index (χ0n) is 2.41. The zero-order chi connectivity index (χ0) is 2.71. The molecule has 0 radical (unpaired) electrons. The SMILES string of the molecule is C.CO[SiH3]. The van der Waals surface area contributed by atoms with Crippen LogP contribution in [0.25, 0.3) is 0 Å². The second-order valence-electron chi connectivity index (χ2n) is 0.408. The van der Waals surface area contributed by atoms with Crippen molar-refractivity contribution in [3.05, 3.63) is 0 Å². The maximum Gasteiger partial charge on any atom is 0.145 e. The van der Waals surface area contributed by atoms with Crippen molar-refractivity contribution in [3.8, 4) is 0 Å². The van der Waals surface area contributed by atoms with E-state index in [1.807, 2.05) is 0 Å². The lowest BCUT2D eigenvalue weighted by molar-refractivity contribution is 0.460. The van der Waals surface area contributed by atoms with E-state index in [2.05, 4.69) is 4.43 Å². The molecule has 0 aromatic heterocycles. The highest BCUT2D eigenvalue weighted by molar-refractivity contribution is 5.97. The molecule has 0 rings (SSSR count). The minimum Gasteiger partial charge on any atom is -0.431 e. The van der Waals surface area contributed by atoms with Crippen LogP contribution in [-0.2, 0) is 4.43 Å². The average Bonchev–Trinajstić information content (AvgIpc) is 0.918. The van der Waals surface area contributed by atoms with E-state index >= 15 is 0 Å². The molecule has 28 valence electrons. The molecule has 0 aliphatic rings. The first-order valence-electron chi connectivity index (χ1n) is 0.816. The van der Waals surface area contributed by atoms with Gasteiger partial charge in [0.1, 0.15) is 10.5 Å². The van der Waals surface area contributed by atoms with Gasteiger partial charge in [-0.3, -0.25) is 0 Å². The van der Waals surface area contributed by atoms with Crippen LogP contribution in [0.2, 0.25) is 0 Å². The van der Waals surface area contributed by atoms with E-state index in [1.165, 1.54) is 0 Å². The summed E-state index contributed by atoms with van der Waals surface area (Å²) < 4.78 is 4.39. The second kappa shape index (κ2) is 10.9. The van der Waals surface area contributed by atoms with Gasteiger partial charge in [-0.1, -0.05) is 7.43 Å². The Kier molecular flexibility index (Phi) is 24.2. The third kappa shape index (κ3) is 96.4. The molecule has 0 unspecified atom stereocenters. The number of hydrogen-bond donors (Lipinski definition) is 0. The van der Waals surface area contributed by atoms with Gasteiger partial charge in [-0.2, -0.15) is 0 Å². The first-order valence-corrected chi connectivity index (χ1v) is 1.63. The molecule has 0 bridgehead atoms. The van der Waals surface area contributed by atoms with Crippen molar-refractivity contribution < 1.29 is 4.43 Å². The predicted octanol–water partition coefficient (Wildman–Crippen LogP) is -0.451. The van der Waals surface area contributed by atoms with Crippen LogP contribution in [0, 0.1) is 0 Å². The largest absolute Gasteiger partial charge is 0.431 e. The van der Waals surface area contributed by atoms with Gasteiger partial charge in [0.25, 0.3) is 0 Å². The highest BCUT2D eigenvalue weighted by Crippen LogP contribution is 1.24. The van der Waals surface area contributed by atoms with E-state index in [0.29, 0.717) is 0 Å². The average molecular weight is 78.2 g/mol. The van der Waals surface area contributed by atoms with Crippen molar-refractivity contribution in [1.29, 1.82) is 0 Å². The van der Waals surface area contributed by atoms with Gasteiger partial charge >= 0.3 is 0 Å². The molecule has 0 spiro atoms. The highest BCUT2D eigenvalue weighted by Gasteiger charge is 1.27. The Balaban J connectivity index is 0. The molecule has 1 nitrogen and oxygen atoms in total. The fourth-order valence-corrected chi connectivity index (χ4v) is 0. The third-order valence-corrected chi connectivity index (χ3v) is 0. The Morgan fingerprint density at radius 2 is 1.75 bits per heavy atom. The van der Waals surface area contributed by atoms with Gasteiger partial charge < -0.3 is 4.43 Å². The van der Waals surface area contributed by atoms with Crippen molar-refractivity contribution in [2.24, 2.45) is 0 Å². The minimum atomic E-state index is 0. The predicted molar refractivity (Wildman–Crippen MR) is 23.7 cm³/mol. The van der Waals surface area contributed by atoms with Crippen LogP contribution in [-0.4, -0.2) is 17.6 Å². The van der Waals surface area contributed by atoms with E-state index in [1.54, 1.807) is 7.11 Å². The van der Waals surface area contributed by atoms with Gasteiger partial charge in [-0.25, -0.2) is 0 Å². The van der Waals surface area contributed by atoms with Crippen LogP contribution in [0.15, 0.2) is 0 Å². The van der Waals surface area contributed by atoms with Gasteiger partial charge in [0, 0.05) is 7.11 Å². The first-order chi connectivity index (χ1) is 1.41. The van der Waals surface area contributed by atoms with E-state index in [0.717, 1.165) is 10.5 Å². The molecule has 4 heavy (non-hydrogen) atoms. The van der Waals surface area contributed by atoms with Crippen LogP contribution in [0.5, 0.6) is 0 Å². The lowest BCUT2D eigenvalue weighted by Gasteiger charge is -1.61. The molecule has 0 atom stereocenters. The quantitative estimate of drug-likeness (QED) is 0.357. The Morgan fingerprint density at radius 3 is 1.75 bits per heavy atom. The van der Waals surface area contributed by atoms with E-state index in [9.17, 15) is 0 Å². The molecule has 0 saturated heterocycles. The first kappa shape index (κ1) is 8.90. The van der Waals surface area contributed by atoms with Gasteiger partial charge in [0.05, 0.1) is 0 Å².